The largest absolute Gasteiger partial charge is 0.375 e. The summed E-state index contributed by atoms with van der Waals surface area (Å²) in [6.07, 6.45) is 2.97. The molecule has 4 rings (SSSR count). The molecule has 1 aliphatic heterocycles. The van der Waals surface area contributed by atoms with E-state index in [1.165, 1.54) is 5.56 Å². The number of hydrogen-bond donors (Lipinski definition) is 1. The number of piperidine rings is 1. The molecule has 0 amide bonds. The number of nitrogens with one attached hydrogen (secondary N) is 1. The fourth-order valence-electron chi connectivity index (χ4n) is 3.73. The second-order valence-corrected chi connectivity index (χ2v) is 6.56. The van der Waals surface area contributed by atoms with E-state index in [0.29, 0.717) is 16.9 Å². The molecule has 4 nitrogen and oxygen atoms in total. The Balaban J connectivity index is 1.75. The van der Waals surface area contributed by atoms with Gasteiger partial charge >= 0.3 is 0 Å². The van der Waals surface area contributed by atoms with Crippen LogP contribution in [0.4, 0.5) is 0 Å². The van der Waals surface area contributed by atoms with Gasteiger partial charge in [0.2, 0.25) is 0 Å². The van der Waals surface area contributed by atoms with Gasteiger partial charge in [0, 0.05) is 0 Å². The lowest BCUT2D eigenvalue weighted by molar-refractivity contribution is 0.148. The van der Waals surface area contributed by atoms with Crippen molar-refractivity contribution in [2.45, 2.75) is 25.3 Å². The molecule has 1 N–H and O–H groups in total. The predicted octanol–water partition coefficient (Wildman–Crippen LogP) is 3.38. The molecule has 1 saturated heterocycles. The summed E-state index contributed by atoms with van der Waals surface area (Å²) in [5.41, 5.74) is 1.91. The monoisotopic (exact) mass is 322 g/mol. The highest BCUT2D eigenvalue weighted by atomic mass is 16.5. The van der Waals surface area contributed by atoms with Gasteiger partial charge in [-0.25, -0.2) is 0 Å². The van der Waals surface area contributed by atoms with Crippen LogP contribution in [0.25, 0.3) is 11.0 Å². The Kier molecular flexibility index (Phi) is 4.22. The van der Waals surface area contributed by atoms with Crippen molar-refractivity contribution >= 4 is 11.0 Å². The van der Waals surface area contributed by atoms with Crippen LogP contribution in [-0.2, 0) is 6.42 Å². The van der Waals surface area contributed by atoms with Crippen LogP contribution in [0.3, 0.4) is 0 Å². The van der Waals surface area contributed by atoms with E-state index in [1.807, 2.05) is 30.3 Å². The Hall–Kier alpha value is -2.33. The second kappa shape index (κ2) is 6.65. The first kappa shape index (κ1) is 15.2. The SMILES string of the molecule is O=c1c2ccccc2on1C(Cc1ccccc1)C1CCNCC1. The molecule has 2 aromatic carbocycles. The zero-order valence-electron chi connectivity index (χ0n) is 13.7. The minimum absolute atomic E-state index is 0.00920. The molecule has 2 heterocycles. The molecule has 0 bridgehead atoms. The summed E-state index contributed by atoms with van der Waals surface area (Å²) in [5, 5.41) is 4.08. The maximum absolute atomic E-state index is 12.9. The van der Waals surface area contributed by atoms with Crippen LogP contribution in [0.2, 0.25) is 0 Å². The smallest absolute Gasteiger partial charge is 0.290 e. The normalized spacial score (nSPS) is 17.2. The highest BCUT2D eigenvalue weighted by Crippen LogP contribution is 2.30. The van der Waals surface area contributed by atoms with Crippen molar-refractivity contribution in [2.75, 3.05) is 13.1 Å². The van der Waals surface area contributed by atoms with Gasteiger partial charge < -0.3 is 9.84 Å². The fourth-order valence-corrected chi connectivity index (χ4v) is 3.73. The summed E-state index contributed by atoms with van der Waals surface area (Å²) >= 11 is 0. The molecule has 0 aliphatic carbocycles. The van der Waals surface area contributed by atoms with E-state index in [0.717, 1.165) is 32.4 Å². The molecule has 3 aromatic rings. The first-order chi connectivity index (χ1) is 11.8. The van der Waals surface area contributed by atoms with Crippen molar-refractivity contribution in [2.24, 2.45) is 5.92 Å². The number of para-hydroxylation sites is 1. The molecule has 1 aliphatic rings. The number of fused-ring (bicyclic) bond motifs is 1. The van der Waals surface area contributed by atoms with Crippen LogP contribution in [0.15, 0.2) is 63.9 Å². The minimum Gasteiger partial charge on any atom is -0.375 e. The lowest BCUT2D eigenvalue weighted by atomic mass is 9.86. The first-order valence-electron chi connectivity index (χ1n) is 8.68. The van der Waals surface area contributed by atoms with Crippen molar-refractivity contribution < 1.29 is 4.52 Å². The van der Waals surface area contributed by atoms with Gasteiger partial charge in [0.25, 0.3) is 5.56 Å². The number of rotatable bonds is 4. The molecule has 124 valence electrons. The van der Waals surface area contributed by atoms with Gasteiger partial charge in [-0.2, -0.15) is 4.74 Å². The lowest BCUT2D eigenvalue weighted by Crippen LogP contribution is -2.36. The van der Waals surface area contributed by atoms with Crippen LogP contribution in [0.5, 0.6) is 0 Å². The third kappa shape index (κ3) is 2.89. The molecule has 4 heteroatoms. The molecule has 1 fully saturated rings. The lowest BCUT2D eigenvalue weighted by Gasteiger charge is -2.30. The molecule has 0 radical (unpaired) electrons. The summed E-state index contributed by atoms with van der Waals surface area (Å²) in [5.74, 6) is 0.449. The van der Waals surface area contributed by atoms with E-state index in [1.54, 1.807) is 4.74 Å². The first-order valence-corrected chi connectivity index (χ1v) is 8.68. The standard InChI is InChI=1S/C20H22N2O2/c23-20-17-8-4-5-9-19(17)24-22(20)18(16-10-12-21-13-11-16)14-15-6-2-1-3-7-15/h1-9,16,18,21H,10-14H2. The second-order valence-electron chi connectivity index (χ2n) is 6.56. The third-order valence-electron chi connectivity index (χ3n) is 5.03. The van der Waals surface area contributed by atoms with Crippen molar-refractivity contribution in [1.82, 2.24) is 10.1 Å². The van der Waals surface area contributed by atoms with Gasteiger partial charge in [-0.05, 0) is 56.0 Å². The van der Waals surface area contributed by atoms with E-state index in [9.17, 15) is 4.79 Å². The number of aromatic nitrogens is 1. The fraction of sp³-hybridized carbons (Fsp3) is 0.350. The van der Waals surface area contributed by atoms with Crippen LogP contribution >= 0.6 is 0 Å². The molecular formula is C20H22N2O2. The highest BCUT2D eigenvalue weighted by molar-refractivity contribution is 5.75. The summed E-state index contributed by atoms with van der Waals surface area (Å²) in [4.78, 5) is 12.9. The molecule has 0 saturated carbocycles. The molecular weight excluding hydrogens is 300 g/mol. The molecule has 0 spiro atoms. The molecule has 24 heavy (non-hydrogen) atoms. The minimum atomic E-state index is -0.00920. The molecule has 1 aromatic heterocycles. The number of hydrogen-bond acceptors (Lipinski definition) is 3. The van der Waals surface area contributed by atoms with E-state index < -0.39 is 0 Å². The van der Waals surface area contributed by atoms with E-state index in [-0.39, 0.29) is 11.6 Å². The van der Waals surface area contributed by atoms with Gasteiger partial charge in [-0.3, -0.25) is 4.79 Å². The quantitative estimate of drug-likeness (QED) is 0.801. The van der Waals surface area contributed by atoms with E-state index >= 15 is 0 Å². The summed E-state index contributed by atoms with van der Waals surface area (Å²) in [7, 11) is 0. The highest BCUT2D eigenvalue weighted by Gasteiger charge is 2.28. The van der Waals surface area contributed by atoms with Gasteiger partial charge in [-0.1, -0.05) is 42.5 Å². The van der Waals surface area contributed by atoms with Crippen molar-refractivity contribution in [3.05, 3.63) is 70.5 Å². The summed E-state index contributed by atoms with van der Waals surface area (Å²) in [6, 6.07) is 18.0. The van der Waals surface area contributed by atoms with Crippen molar-refractivity contribution in [1.29, 1.82) is 0 Å². The molecule has 1 unspecified atom stereocenters. The summed E-state index contributed by atoms with van der Waals surface area (Å²) < 4.78 is 7.60. The number of benzene rings is 2. The zero-order valence-corrected chi connectivity index (χ0v) is 13.7. The average molecular weight is 322 g/mol. The number of nitrogens with zero attached hydrogens (tertiary/aromatic N) is 1. The Bertz CT molecular complexity index is 860. The van der Waals surface area contributed by atoms with Gasteiger partial charge in [0.05, 0.1) is 11.4 Å². The Morgan fingerprint density at radius 3 is 2.50 bits per heavy atom. The van der Waals surface area contributed by atoms with Gasteiger partial charge in [0.1, 0.15) is 0 Å². The summed E-state index contributed by atoms with van der Waals surface area (Å²) in [6.45, 7) is 2.01. The van der Waals surface area contributed by atoms with Crippen LogP contribution < -0.4 is 10.9 Å². The van der Waals surface area contributed by atoms with Gasteiger partial charge in [0.15, 0.2) is 5.58 Å². The average Bonchev–Trinajstić information content (AvgIpc) is 2.98. The predicted molar refractivity (Wildman–Crippen MR) is 95.3 cm³/mol. The Labute approximate surface area is 141 Å². The zero-order chi connectivity index (χ0) is 16.4. The van der Waals surface area contributed by atoms with Crippen LogP contribution in [0, 0.1) is 5.92 Å². The maximum atomic E-state index is 12.9. The Morgan fingerprint density at radius 1 is 1.04 bits per heavy atom. The van der Waals surface area contributed by atoms with E-state index in [4.69, 9.17) is 4.52 Å². The molecule has 1 atom stereocenters. The van der Waals surface area contributed by atoms with Crippen LogP contribution in [-0.4, -0.2) is 17.8 Å². The third-order valence-corrected chi connectivity index (χ3v) is 5.03. The van der Waals surface area contributed by atoms with Crippen molar-refractivity contribution in [3.63, 3.8) is 0 Å². The van der Waals surface area contributed by atoms with Crippen LogP contribution in [0.1, 0.15) is 24.4 Å². The van der Waals surface area contributed by atoms with E-state index in [2.05, 4.69) is 29.6 Å². The van der Waals surface area contributed by atoms with Gasteiger partial charge in [-0.15, -0.1) is 0 Å². The maximum Gasteiger partial charge on any atom is 0.290 e. The topological polar surface area (TPSA) is 47.2 Å². The van der Waals surface area contributed by atoms with Crippen molar-refractivity contribution in [3.8, 4) is 0 Å². The Morgan fingerprint density at radius 2 is 1.75 bits per heavy atom.